The van der Waals surface area contributed by atoms with E-state index >= 15 is 0 Å². The Morgan fingerprint density at radius 2 is 2.25 bits per heavy atom. The van der Waals surface area contributed by atoms with Gasteiger partial charge in [-0.1, -0.05) is 0 Å². The molecule has 2 aromatic heterocycles. The van der Waals surface area contributed by atoms with Gasteiger partial charge in [0.15, 0.2) is 5.82 Å². The highest BCUT2D eigenvalue weighted by Crippen LogP contribution is 2.17. The van der Waals surface area contributed by atoms with Crippen molar-refractivity contribution in [2.45, 2.75) is 6.61 Å². The number of nitrogens with zero attached hydrogens (tertiary/aromatic N) is 4. The number of ether oxygens (including phenoxy) is 1. The normalized spacial score (nSPS) is 10.6. The van der Waals surface area contributed by atoms with Crippen LogP contribution in [0.2, 0.25) is 0 Å². The molecule has 0 amide bonds. The molecular weight excluding hydrogens is 206 g/mol. The van der Waals surface area contributed by atoms with Gasteiger partial charge < -0.3 is 10.5 Å². The van der Waals surface area contributed by atoms with Gasteiger partial charge in [-0.15, -0.1) is 0 Å². The minimum absolute atomic E-state index is 0.346. The molecule has 0 bridgehead atoms. The Morgan fingerprint density at radius 1 is 1.44 bits per heavy atom. The van der Waals surface area contributed by atoms with Crippen molar-refractivity contribution in [3.8, 4) is 11.3 Å². The van der Waals surface area contributed by atoms with E-state index in [-0.39, 0.29) is 0 Å². The van der Waals surface area contributed by atoms with Gasteiger partial charge >= 0.3 is 0 Å². The smallest absolute Gasteiger partial charge is 0.157 e. The highest BCUT2D eigenvalue weighted by Gasteiger charge is 2.06. The fraction of sp³-hybridized carbons (Fsp3) is 0.300. The van der Waals surface area contributed by atoms with Crippen molar-refractivity contribution >= 4 is 5.82 Å². The molecule has 0 aromatic carbocycles. The first-order valence-electron chi connectivity index (χ1n) is 4.80. The first-order chi connectivity index (χ1) is 7.69. The largest absolute Gasteiger partial charge is 0.384 e. The quantitative estimate of drug-likeness (QED) is 0.818. The van der Waals surface area contributed by atoms with Crippen LogP contribution in [0.15, 0.2) is 18.5 Å². The van der Waals surface area contributed by atoms with E-state index in [0.717, 1.165) is 11.3 Å². The fourth-order valence-corrected chi connectivity index (χ4v) is 1.41. The van der Waals surface area contributed by atoms with Crippen LogP contribution in [0.3, 0.4) is 0 Å². The van der Waals surface area contributed by atoms with Crippen molar-refractivity contribution < 1.29 is 4.74 Å². The maximum atomic E-state index is 5.70. The van der Waals surface area contributed by atoms with Crippen molar-refractivity contribution in [3.05, 3.63) is 24.3 Å². The molecule has 2 heterocycles. The number of aromatic nitrogens is 4. The second-order valence-corrected chi connectivity index (χ2v) is 3.43. The van der Waals surface area contributed by atoms with Gasteiger partial charge in [-0.25, -0.2) is 9.97 Å². The van der Waals surface area contributed by atoms with Gasteiger partial charge in [-0.05, 0) is 0 Å². The number of rotatable bonds is 3. The van der Waals surface area contributed by atoms with Crippen LogP contribution in [0.1, 0.15) is 5.82 Å². The number of aryl methyl sites for hydroxylation is 1. The first-order valence-corrected chi connectivity index (χ1v) is 4.80. The number of nitrogen functional groups attached to an aromatic ring is 1. The van der Waals surface area contributed by atoms with Crippen molar-refractivity contribution in [3.63, 3.8) is 0 Å². The van der Waals surface area contributed by atoms with Crippen LogP contribution in [0, 0.1) is 0 Å². The third-order valence-corrected chi connectivity index (χ3v) is 2.07. The number of hydrogen-bond acceptors (Lipinski definition) is 5. The lowest BCUT2D eigenvalue weighted by atomic mass is 10.2. The second kappa shape index (κ2) is 4.28. The van der Waals surface area contributed by atoms with Crippen molar-refractivity contribution in [2.24, 2.45) is 7.05 Å². The summed E-state index contributed by atoms with van der Waals surface area (Å²) in [5.74, 6) is 1.00. The molecule has 0 fully saturated rings. The maximum Gasteiger partial charge on any atom is 0.157 e. The molecule has 84 valence electrons. The van der Waals surface area contributed by atoms with Crippen LogP contribution in [0.25, 0.3) is 11.3 Å². The summed E-state index contributed by atoms with van der Waals surface area (Å²) in [6.45, 7) is 0.346. The summed E-state index contributed by atoms with van der Waals surface area (Å²) >= 11 is 0. The minimum Gasteiger partial charge on any atom is -0.384 e. The zero-order chi connectivity index (χ0) is 11.5. The second-order valence-electron chi connectivity index (χ2n) is 3.43. The zero-order valence-corrected chi connectivity index (χ0v) is 9.21. The molecular formula is C10H13N5O. The average molecular weight is 219 g/mol. The SMILES string of the molecule is COCc1nc(N)cc(-c2cnn(C)c2)n1. The number of anilines is 1. The van der Waals surface area contributed by atoms with Crippen molar-refractivity contribution in [1.82, 2.24) is 19.7 Å². The summed E-state index contributed by atoms with van der Waals surface area (Å²) in [7, 11) is 3.44. The molecule has 2 N–H and O–H groups in total. The van der Waals surface area contributed by atoms with Crippen LogP contribution in [-0.2, 0) is 18.4 Å². The highest BCUT2D eigenvalue weighted by atomic mass is 16.5. The Hall–Kier alpha value is -1.95. The molecule has 0 atom stereocenters. The van der Waals surface area contributed by atoms with Gasteiger partial charge in [0.25, 0.3) is 0 Å². The van der Waals surface area contributed by atoms with E-state index in [1.54, 1.807) is 24.1 Å². The van der Waals surface area contributed by atoms with Crippen molar-refractivity contribution in [2.75, 3.05) is 12.8 Å². The molecule has 0 unspecified atom stereocenters. The predicted molar refractivity (Wildman–Crippen MR) is 59.4 cm³/mol. The van der Waals surface area contributed by atoms with E-state index in [1.165, 1.54) is 0 Å². The molecule has 2 aromatic rings. The average Bonchev–Trinajstić information content (AvgIpc) is 2.64. The van der Waals surface area contributed by atoms with Crippen LogP contribution in [-0.4, -0.2) is 26.9 Å². The fourth-order valence-electron chi connectivity index (χ4n) is 1.41. The topological polar surface area (TPSA) is 78.9 Å². The maximum absolute atomic E-state index is 5.70. The molecule has 0 radical (unpaired) electrons. The Balaban J connectivity index is 2.40. The van der Waals surface area contributed by atoms with Gasteiger partial charge in [0.05, 0.1) is 11.9 Å². The first kappa shape index (κ1) is 10.6. The molecule has 0 spiro atoms. The van der Waals surface area contributed by atoms with E-state index in [4.69, 9.17) is 10.5 Å². The summed E-state index contributed by atoms with van der Waals surface area (Å²) < 4.78 is 6.69. The lowest BCUT2D eigenvalue weighted by Crippen LogP contribution is -2.02. The molecule has 2 rings (SSSR count). The summed E-state index contributed by atoms with van der Waals surface area (Å²) in [6, 6.07) is 1.72. The third-order valence-electron chi connectivity index (χ3n) is 2.07. The monoisotopic (exact) mass is 219 g/mol. The van der Waals surface area contributed by atoms with E-state index < -0.39 is 0 Å². The summed E-state index contributed by atoms with van der Waals surface area (Å²) in [5.41, 5.74) is 7.37. The predicted octanol–water partition coefficient (Wildman–Crippen LogP) is 0.606. The van der Waals surface area contributed by atoms with Crippen LogP contribution in [0.4, 0.5) is 5.82 Å². The number of methoxy groups -OCH3 is 1. The van der Waals surface area contributed by atoms with E-state index in [9.17, 15) is 0 Å². The van der Waals surface area contributed by atoms with E-state index in [0.29, 0.717) is 18.2 Å². The van der Waals surface area contributed by atoms with Crippen LogP contribution >= 0.6 is 0 Å². The number of hydrogen-bond donors (Lipinski definition) is 1. The molecule has 0 saturated heterocycles. The summed E-state index contributed by atoms with van der Waals surface area (Å²) in [4.78, 5) is 8.41. The highest BCUT2D eigenvalue weighted by molar-refractivity contribution is 5.59. The Kier molecular flexibility index (Phi) is 2.82. The summed E-state index contributed by atoms with van der Waals surface area (Å²) in [6.07, 6.45) is 3.61. The van der Waals surface area contributed by atoms with E-state index in [2.05, 4.69) is 15.1 Å². The Labute approximate surface area is 93.1 Å². The molecule has 6 nitrogen and oxygen atoms in total. The summed E-state index contributed by atoms with van der Waals surface area (Å²) in [5, 5.41) is 4.08. The van der Waals surface area contributed by atoms with E-state index in [1.807, 2.05) is 13.2 Å². The molecule has 0 aliphatic heterocycles. The van der Waals surface area contributed by atoms with Crippen LogP contribution < -0.4 is 5.73 Å². The van der Waals surface area contributed by atoms with Gasteiger partial charge in [-0.2, -0.15) is 5.10 Å². The molecule has 6 heteroatoms. The van der Waals surface area contributed by atoms with Gasteiger partial charge in [-0.3, -0.25) is 4.68 Å². The standard InChI is InChI=1S/C10H13N5O/c1-15-5-7(4-12-15)8-3-9(11)14-10(13-8)6-16-2/h3-5H,6H2,1-2H3,(H2,11,13,14). The van der Waals surface area contributed by atoms with Gasteiger partial charge in [0, 0.05) is 32.0 Å². The minimum atomic E-state index is 0.346. The lowest BCUT2D eigenvalue weighted by molar-refractivity contribution is 0.178. The molecule has 0 aliphatic carbocycles. The van der Waals surface area contributed by atoms with Gasteiger partial charge in [0.2, 0.25) is 0 Å². The third kappa shape index (κ3) is 2.17. The Bertz CT molecular complexity index is 494. The van der Waals surface area contributed by atoms with Gasteiger partial charge in [0.1, 0.15) is 12.4 Å². The molecule has 0 aliphatic rings. The van der Waals surface area contributed by atoms with Crippen LogP contribution in [0.5, 0.6) is 0 Å². The lowest BCUT2D eigenvalue weighted by Gasteiger charge is -2.03. The zero-order valence-electron chi connectivity index (χ0n) is 9.21. The molecule has 16 heavy (non-hydrogen) atoms. The van der Waals surface area contributed by atoms with Crippen molar-refractivity contribution in [1.29, 1.82) is 0 Å². The molecule has 0 saturated carbocycles. The Morgan fingerprint density at radius 3 is 2.88 bits per heavy atom. The number of nitrogens with two attached hydrogens (primary N) is 1.